The van der Waals surface area contributed by atoms with E-state index in [-0.39, 0.29) is 5.78 Å². The van der Waals surface area contributed by atoms with Gasteiger partial charge in [-0.15, -0.1) is 23.2 Å². The monoisotopic (exact) mass is 322 g/mol. The lowest BCUT2D eigenvalue weighted by Gasteiger charge is -2.24. The Balaban J connectivity index is 3.06. The maximum absolute atomic E-state index is 12.2. The molecule has 2 atom stereocenters. The van der Waals surface area contributed by atoms with Crippen molar-refractivity contribution in [2.45, 2.75) is 31.5 Å². The van der Waals surface area contributed by atoms with Crippen LogP contribution in [0.15, 0.2) is 18.2 Å². The Morgan fingerprint density at radius 3 is 2.32 bits per heavy atom. The minimum Gasteiger partial charge on any atom is -0.497 e. The van der Waals surface area contributed by atoms with E-state index in [1.54, 1.807) is 25.3 Å². The van der Waals surface area contributed by atoms with Gasteiger partial charge < -0.3 is 4.74 Å². The van der Waals surface area contributed by atoms with Crippen molar-refractivity contribution < 1.29 is 9.53 Å². The molecule has 1 aromatic rings. The molecule has 5 heteroatoms. The highest BCUT2D eigenvalue weighted by Crippen LogP contribution is 2.38. The van der Waals surface area contributed by atoms with Gasteiger partial charge in [-0.25, -0.2) is 0 Å². The van der Waals surface area contributed by atoms with Gasteiger partial charge in [-0.2, -0.15) is 0 Å². The molecule has 0 bridgehead atoms. The van der Waals surface area contributed by atoms with Crippen LogP contribution in [0.3, 0.4) is 0 Å². The fourth-order valence-corrected chi connectivity index (χ4v) is 2.61. The van der Waals surface area contributed by atoms with Gasteiger partial charge in [-0.3, -0.25) is 4.79 Å². The first-order valence-corrected chi connectivity index (χ1v) is 7.09. The van der Waals surface area contributed by atoms with Crippen LogP contribution in [0, 0.1) is 5.41 Å². The molecule has 0 aliphatic heterocycles. The van der Waals surface area contributed by atoms with Gasteiger partial charge in [0.15, 0.2) is 5.78 Å². The van der Waals surface area contributed by atoms with Gasteiger partial charge in [-0.05, 0) is 23.8 Å². The third-order valence-corrected chi connectivity index (χ3v) is 4.16. The van der Waals surface area contributed by atoms with E-state index in [4.69, 9.17) is 39.5 Å². The Hall–Kier alpha value is -0.440. The third-order valence-electron chi connectivity index (χ3n) is 2.75. The van der Waals surface area contributed by atoms with Crippen LogP contribution in [0.25, 0.3) is 0 Å². The van der Waals surface area contributed by atoms with E-state index in [1.165, 1.54) is 0 Å². The lowest BCUT2D eigenvalue weighted by molar-refractivity contribution is -0.125. The highest BCUT2D eigenvalue weighted by atomic mass is 35.5. The molecule has 1 rings (SSSR count). The van der Waals surface area contributed by atoms with Crippen molar-refractivity contribution >= 4 is 40.6 Å². The number of halogens is 3. The lowest BCUT2D eigenvalue weighted by atomic mass is 9.87. The molecule has 0 heterocycles. The molecule has 0 fully saturated rings. The van der Waals surface area contributed by atoms with Crippen LogP contribution in [-0.2, 0) is 4.79 Å². The third kappa shape index (κ3) is 4.01. The predicted molar refractivity (Wildman–Crippen MR) is 80.7 cm³/mol. The summed E-state index contributed by atoms with van der Waals surface area (Å²) in [5.74, 6) is 0.505. The Morgan fingerprint density at radius 2 is 1.84 bits per heavy atom. The molecule has 2 nitrogen and oxygen atoms in total. The Morgan fingerprint density at radius 1 is 1.26 bits per heavy atom. The van der Waals surface area contributed by atoms with Gasteiger partial charge >= 0.3 is 0 Å². The standard InChI is InChI=1S/C14H17Cl3O2/c1-14(2,3)13(18)12(17)11(16)9-7-8(19-4)5-6-10(9)15/h5-7,11-12H,1-4H3. The maximum Gasteiger partial charge on any atom is 0.157 e. The predicted octanol–water partition coefficient (Wildman–Crippen LogP) is 4.85. The molecule has 106 valence electrons. The molecular formula is C14H17Cl3O2. The Bertz CT molecular complexity index is 466. The van der Waals surface area contributed by atoms with E-state index in [0.29, 0.717) is 16.3 Å². The van der Waals surface area contributed by atoms with Crippen LogP contribution in [0.1, 0.15) is 31.7 Å². The van der Waals surface area contributed by atoms with Crippen molar-refractivity contribution in [3.8, 4) is 5.75 Å². The van der Waals surface area contributed by atoms with E-state index in [0.717, 1.165) is 0 Å². The average molecular weight is 324 g/mol. The van der Waals surface area contributed by atoms with E-state index in [9.17, 15) is 4.79 Å². The smallest absolute Gasteiger partial charge is 0.157 e. The molecule has 19 heavy (non-hydrogen) atoms. The van der Waals surface area contributed by atoms with Gasteiger partial charge in [0.25, 0.3) is 0 Å². The Kier molecular flexibility index (Phi) is 5.54. The normalized spacial score (nSPS) is 14.9. The SMILES string of the molecule is COc1ccc(Cl)c(C(Cl)C(Cl)C(=O)C(C)(C)C)c1. The zero-order valence-electron chi connectivity index (χ0n) is 11.3. The molecular weight excluding hydrogens is 307 g/mol. The molecule has 0 aromatic heterocycles. The maximum atomic E-state index is 12.2. The molecule has 0 spiro atoms. The number of carbonyl (C=O) groups is 1. The highest BCUT2D eigenvalue weighted by Gasteiger charge is 2.34. The summed E-state index contributed by atoms with van der Waals surface area (Å²) in [5.41, 5.74) is 0.0468. The number of rotatable bonds is 4. The number of carbonyl (C=O) groups excluding carboxylic acids is 1. The second-order valence-electron chi connectivity index (χ2n) is 5.31. The van der Waals surface area contributed by atoms with E-state index < -0.39 is 16.2 Å². The summed E-state index contributed by atoms with van der Waals surface area (Å²) in [4.78, 5) is 12.2. The van der Waals surface area contributed by atoms with E-state index in [1.807, 2.05) is 20.8 Å². The summed E-state index contributed by atoms with van der Waals surface area (Å²) >= 11 is 18.6. The van der Waals surface area contributed by atoms with Gasteiger partial charge in [0.2, 0.25) is 0 Å². The number of ether oxygens (including phenoxy) is 1. The Labute approximate surface area is 129 Å². The lowest BCUT2D eigenvalue weighted by Crippen LogP contribution is -2.31. The number of hydrogen-bond donors (Lipinski definition) is 0. The molecule has 0 N–H and O–H groups in total. The van der Waals surface area contributed by atoms with Crippen molar-refractivity contribution in [2.24, 2.45) is 5.41 Å². The number of methoxy groups -OCH3 is 1. The van der Waals surface area contributed by atoms with Gasteiger partial charge in [0, 0.05) is 10.4 Å². The average Bonchev–Trinajstić information content (AvgIpc) is 2.35. The minimum atomic E-state index is -0.841. The van der Waals surface area contributed by atoms with Gasteiger partial charge in [0.1, 0.15) is 11.1 Å². The highest BCUT2D eigenvalue weighted by molar-refractivity contribution is 6.39. The molecule has 2 unspecified atom stereocenters. The first kappa shape index (κ1) is 16.6. The second-order valence-corrected chi connectivity index (χ2v) is 6.65. The molecule has 0 amide bonds. The topological polar surface area (TPSA) is 26.3 Å². The minimum absolute atomic E-state index is 0.118. The molecule has 0 aliphatic carbocycles. The quantitative estimate of drug-likeness (QED) is 0.740. The van der Waals surface area contributed by atoms with E-state index >= 15 is 0 Å². The fourth-order valence-electron chi connectivity index (χ4n) is 1.56. The number of Topliss-reactive ketones (excluding diaryl/α,β-unsaturated/α-hetero) is 1. The van der Waals surface area contributed by atoms with Crippen LogP contribution in [0.4, 0.5) is 0 Å². The zero-order valence-corrected chi connectivity index (χ0v) is 13.6. The van der Waals surface area contributed by atoms with Gasteiger partial charge in [0.05, 0.1) is 12.5 Å². The van der Waals surface area contributed by atoms with Crippen molar-refractivity contribution in [3.05, 3.63) is 28.8 Å². The second kappa shape index (κ2) is 6.34. The molecule has 0 saturated carbocycles. The number of benzene rings is 1. The summed E-state index contributed by atoms with van der Waals surface area (Å²) in [7, 11) is 1.55. The summed E-state index contributed by atoms with van der Waals surface area (Å²) < 4.78 is 5.12. The van der Waals surface area contributed by atoms with Crippen LogP contribution >= 0.6 is 34.8 Å². The van der Waals surface area contributed by atoms with Gasteiger partial charge in [-0.1, -0.05) is 32.4 Å². The first-order chi connectivity index (χ1) is 8.68. The summed E-state index contributed by atoms with van der Waals surface area (Å²) in [6, 6.07) is 5.10. The van der Waals surface area contributed by atoms with Crippen LogP contribution in [0.5, 0.6) is 5.75 Å². The summed E-state index contributed by atoms with van der Waals surface area (Å²) in [6.45, 7) is 5.42. The number of alkyl halides is 2. The first-order valence-electron chi connectivity index (χ1n) is 5.84. The number of ketones is 1. The molecule has 1 aromatic carbocycles. The molecule has 0 aliphatic rings. The zero-order chi connectivity index (χ0) is 14.8. The summed E-state index contributed by atoms with van der Waals surface area (Å²) in [5, 5.41) is -1.07. The number of hydrogen-bond acceptors (Lipinski definition) is 2. The summed E-state index contributed by atoms with van der Waals surface area (Å²) in [6.07, 6.45) is 0. The molecule has 0 saturated heterocycles. The molecule has 0 radical (unpaired) electrons. The van der Waals surface area contributed by atoms with Crippen molar-refractivity contribution in [2.75, 3.05) is 7.11 Å². The fraction of sp³-hybridized carbons (Fsp3) is 0.500. The van der Waals surface area contributed by atoms with Crippen LogP contribution in [0.2, 0.25) is 5.02 Å². The van der Waals surface area contributed by atoms with Crippen LogP contribution in [-0.4, -0.2) is 18.3 Å². The van der Waals surface area contributed by atoms with E-state index in [2.05, 4.69) is 0 Å². The van der Waals surface area contributed by atoms with Crippen molar-refractivity contribution in [3.63, 3.8) is 0 Å². The van der Waals surface area contributed by atoms with Crippen molar-refractivity contribution in [1.29, 1.82) is 0 Å². The van der Waals surface area contributed by atoms with Crippen LogP contribution < -0.4 is 4.74 Å². The van der Waals surface area contributed by atoms with Crippen molar-refractivity contribution in [1.82, 2.24) is 0 Å². The largest absolute Gasteiger partial charge is 0.497 e.